The van der Waals surface area contributed by atoms with E-state index in [1.165, 1.54) is 40.7 Å². The van der Waals surface area contributed by atoms with Crippen molar-refractivity contribution in [3.8, 4) is 5.75 Å². The number of fused-ring (bicyclic) bond motifs is 1. The van der Waals surface area contributed by atoms with E-state index in [0.717, 1.165) is 25.1 Å². The van der Waals surface area contributed by atoms with Gasteiger partial charge in [0.25, 0.3) is 0 Å². The number of halogens is 2. The topological polar surface area (TPSA) is 24.5 Å². The summed E-state index contributed by atoms with van der Waals surface area (Å²) in [5, 5.41) is 4.10. The number of aryl methyl sites for hydroxylation is 1. The van der Waals surface area contributed by atoms with Crippen LogP contribution < -0.4 is 10.1 Å². The number of methoxy groups -OCH3 is 1. The lowest BCUT2D eigenvalue weighted by Crippen LogP contribution is -2.57. The SMILES string of the molecule is CCCN(C(C)NC1CCCc2ccccc21)C(c1ccccc1)(c1ccccc1)c1cccc(OC)c1.Cl.Cl. The van der Waals surface area contributed by atoms with E-state index in [2.05, 4.69) is 127 Å². The number of nitrogens with one attached hydrogen (secondary N) is 1. The molecule has 4 aromatic carbocycles. The van der Waals surface area contributed by atoms with Gasteiger partial charge in [-0.3, -0.25) is 10.2 Å². The summed E-state index contributed by atoms with van der Waals surface area (Å²) in [6.07, 6.45) is 4.69. The standard InChI is InChI=1S/C35H40N2O.2ClH/c1-4-25-37(27(2)36-34-24-13-16-28-15-11-12-23-33(28)34)35(29-17-7-5-8-18-29,30-19-9-6-10-20-30)31-21-14-22-32(26-31)38-3;;/h5-12,14-15,17-23,26-27,34,36H,4,13,16,24-25H2,1-3H3;2*1H. The van der Waals surface area contributed by atoms with E-state index in [1.54, 1.807) is 7.11 Å². The molecule has 0 heterocycles. The fourth-order valence-corrected chi connectivity index (χ4v) is 6.41. The van der Waals surface area contributed by atoms with Crippen LogP contribution in [-0.4, -0.2) is 24.7 Å². The summed E-state index contributed by atoms with van der Waals surface area (Å²) in [5.74, 6) is 0.872. The van der Waals surface area contributed by atoms with Crippen molar-refractivity contribution in [2.24, 2.45) is 0 Å². The van der Waals surface area contributed by atoms with Crippen molar-refractivity contribution in [1.82, 2.24) is 10.2 Å². The highest BCUT2D eigenvalue weighted by atomic mass is 35.5. The molecule has 0 amide bonds. The number of benzene rings is 4. The summed E-state index contributed by atoms with van der Waals surface area (Å²) in [6, 6.07) is 39.9. The minimum absolute atomic E-state index is 0. The first kappa shape index (κ1) is 31.7. The first-order valence-corrected chi connectivity index (χ1v) is 14.0. The average Bonchev–Trinajstić information content (AvgIpc) is 2.98. The quantitative estimate of drug-likeness (QED) is 0.151. The summed E-state index contributed by atoms with van der Waals surface area (Å²) >= 11 is 0. The maximum atomic E-state index is 5.75. The lowest BCUT2D eigenvalue weighted by molar-refractivity contribution is 0.0769. The molecule has 2 atom stereocenters. The molecule has 4 aromatic rings. The molecule has 0 spiro atoms. The second-order valence-corrected chi connectivity index (χ2v) is 10.4. The van der Waals surface area contributed by atoms with Crippen LogP contribution in [0.1, 0.15) is 67.0 Å². The third kappa shape index (κ3) is 6.24. The fraction of sp³-hybridized carbons (Fsp3) is 0.314. The van der Waals surface area contributed by atoms with Crippen molar-refractivity contribution >= 4 is 24.8 Å². The number of rotatable bonds is 10. The molecular formula is C35H42Cl2N2O. The lowest BCUT2D eigenvalue weighted by atomic mass is 9.75. The molecule has 5 heteroatoms. The Hall–Kier alpha value is -2.82. The first-order valence-electron chi connectivity index (χ1n) is 14.0. The van der Waals surface area contributed by atoms with Gasteiger partial charge >= 0.3 is 0 Å². The third-order valence-electron chi connectivity index (χ3n) is 8.05. The van der Waals surface area contributed by atoms with Crippen LogP contribution in [0.4, 0.5) is 0 Å². The first-order chi connectivity index (χ1) is 18.7. The highest BCUT2D eigenvalue weighted by Gasteiger charge is 2.44. The predicted molar refractivity (Wildman–Crippen MR) is 172 cm³/mol. The molecule has 0 bridgehead atoms. The molecule has 3 nitrogen and oxygen atoms in total. The maximum Gasteiger partial charge on any atom is 0.119 e. The highest BCUT2D eigenvalue weighted by Crippen LogP contribution is 2.44. The molecule has 212 valence electrons. The van der Waals surface area contributed by atoms with E-state index >= 15 is 0 Å². The van der Waals surface area contributed by atoms with Crippen LogP contribution in [0.2, 0.25) is 0 Å². The van der Waals surface area contributed by atoms with Gasteiger partial charge in [-0.2, -0.15) is 0 Å². The zero-order valence-corrected chi connectivity index (χ0v) is 25.4. The van der Waals surface area contributed by atoms with Crippen molar-refractivity contribution < 1.29 is 4.74 Å². The van der Waals surface area contributed by atoms with E-state index in [1.807, 2.05) is 6.07 Å². The minimum Gasteiger partial charge on any atom is -0.497 e. The summed E-state index contributed by atoms with van der Waals surface area (Å²) < 4.78 is 5.75. The number of hydrogen-bond acceptors (Lipinski definition) is 3. The van der Waals surface area contributed by atoms with Crippen LogP contribution in [0.5, 0.6) is 5.75 Å². The van der Waals surface area contributed by atoms with Gasteiger partial charge in [-0.1, -0.05) is 104 Å². The van der Waals surface area contributed by atoms with Crippen LogP contribution >= 0.6 is 24.8 Å². The second kappa shape index (κ2) is 14.7. The molecule has 0 radical (unpaired) electrons. The minimum atomic E-state index is -0.506. The molecule has 0 fully saturated rings. The van der Waals surface area contributed by atoms with Gasteiger partial charge in [0, 0.05) is 12.6 Å². The van der Waals surface area contributed by atoms with Crippen LogP contribution in [0.3, 0.4) is 0 Å². The fourth-order valence-electron chi connectivity index (χ4n) is 6.41. The van der Waals surface area contributed by atoms with E-state index in [9.17, 15) is 0 Å². The number of ether oxygens (including phenoxy) is 1. The monoisotopic (exact) mass is 576 g/mol. The Morgan fingerprint density at radius 3 is 2.05 bits per heavy atom. The average molecular weight is 578 g/mol. The Bertz CT molecular complexity index is 1280. The van der Waals surface area contributed by atoms with Crippen molar-refractivity contribution in [3.05, 3.63) is 137 Å². The van der Waals surface area contributed by atoms with E-state index in [4.69, 9.17) is 4.74 Å². The van der Waals surface area contributed by atoms with Gasteiger partial charge < -0.3 is 4.74 Å². The van der Waals surface area contributed by atoms with Crippen LogP contribution in [0, 0.1) is 0 Å². The molecular weight excluding hydrogens is 535 g/mol. The van der Waals surface area contributed by atoms with Crippen LogP contribution in [0.25, 0.3) is 0 Å². The highest BCUT2D eigenvalue weighted by molar-refractivity contribution is 5.85. The largest absolute Gasteiger partial charge is 0.497 e. The van der Waals surface area contributed by atoms with Gasteiger partial charge in [-0.25, -0.2) is 0 Å². The molecule has 1 N–H and O–H groups in total. The Labute approximate surface area is 252 Å². The molecule has 0 saturated carbocycles. The lowest BCUT2D eigenvalue weighted by Gasteiger charge is -2.49. The number of hydrogen-bond donors (Lipinski definition) is 1. The summed E-state index contributed by atoms with van der Waals surface area (Å²) in [6.45, 7) is 5.55. The maximum absolute atomic E-state index is 5.75. The zero-order chi connectivity index (χ0) is 26.4. The van der Waals surface area contributed by atoms with Crippen LogP contribution in [-0.2, 0) is 12.0 Å². The van der Waals surface area contributed by atoms with Crippen molar-refractivity contribution in [2.45, 2.75) is 57.3 Å². The summed E-state index contributed by atoms with van der Waals surface area (Å²) in [5.41, 5.74) is 6.15. The second-order valence-electron chi connectivity index (χ2n) is 10.4. The van der Waals surface area contributed by atoms with Crippen molar-refractivity contribution in [2.75, 3.05) is 13.7 Å². The van der Waals surface area contributed by atoms with Gasteiger partial charge in [0.05, 0.1) is 18.8 Å². The third-order valence-corrected chi connectivity index (χ3v) is 8.05. The van der Waals surface area contributed by atoms with E-state index < -0.39 is 5.54 Å². The van der Waals surface area contributed by atoms with E-state index in [0.29, 0.717) is 6.04 Å². The van der Waals surface area contributed by atoms with Gasteiger partial charge in [0.2, 0.25) is 0 Å². The Morgan fingerprint density at radius 1 is 0.825 bits per heavy atom. The molecule has 0 aromatic heterocycles. The van der Waals surface area contributed by atoms with Gasteiger partial charge in [0.1, 0.15) is 5.75 Å². The molecule has 40 heavy (non-hydrogen) atoms. The molecule has 1 aliphatic rings. The predicted octanol–water partition coefficient (Wildman–Crippen LogP) is 8.56. The Kier molecular flexibility index (Phi) is 11.7. The Balaban J connectivity index is 0.00000220. The molecule has 1 aliphatic carbocycles. The normalized spacial score (nSPS) is 15.3. The van der Waals surface area contributed by atoms with E-state index in [-0.39, 0.29) is 31.0 Å². The Morgan fingerprint density at radius 2 is 1.43 bits per heavy atom. The summed E-state index contributed by atoms with van der Waals surface area (Å²) in [4.78, 5) is 2.67. The number of nitrogens with zero attached hydrogens (tertiary/aromatic N) is 1. The smallest absolute Gasteiger partial charge is 0.119 e. The van der Waals surface area contributed by atoms with Gasteiger partial charge in [0.15, 0.2) is 0 Å². The molecule has 5 rings (SSSR count). The van der Waals surface area contributed by atoms with Gasteiger partial charge in [-0.15, -0.1) is 24.8 Å². The molecule has 0 aliphatic heterocycles. The molecule has 0 saturated heterocycles. The van der Waals surface area contributed by atoms with Crippen molar-refractivity contribution in [1.29, 1.82) is 0 Å². The van der Waals surface area contributed by atoms with Crippen molar-refractivity contribution in [3.63, 3.8) is 0 Å². The zero-order valence-electron chi connectivity index (χ0n) is 23.8. The van der Waals surface area contributed by atoms with Crippen LogP contribution in [0.15, 0.2) is 109 Å². The van der Waals surface area contributed by atoms with Gasteiger partial charge in [-0.05, 0) is 72.6 Å². The summed E-state index contributed by atoms with van der Waals surface area (Å²) in [7, 11) is 1.75. The molecule has 2 unspecified atom stereocenters.